The molecule has 0 aliphatic rings. The summed E-state index contributed by atoms with van der Waals surface area (Å²) >= 11 is 0. The first kappa shape index (κ1) is 15.7. The highest BCUT2D eigenvalue weighted by Crippen LogP contribution is 2.31. The predicted octanol–water partition coefficient (Wildman–Crippen LogP) is 3.01. The predicted molar refractivity (Wildman–Crippen MR) is 84.8 cm³/mol. The number of imidazole rings is 1. The van der Waals surface area contributed by atoms with Crippen molar-refractivity contribution in [2.45, 2.75) is 26.4 Å². The molecule has 0 bridgehead atoms. The molecule has 7 heteroatoms. The number of aromatic nitrogens is 2. The smallest absolute Gasteiger partial charge is 0.412 e. The van der Waals surface area contributed by atoms with Crippen LogP contribution in [-0.4, -0.2) is 28.8 Å². The minimum atomic E-state index is -0.558. The summed E-state index contributed by atoms with van der Waals surface area (Å²) in [7, 11) is 1.57. The number of nitrogen functional groups attached to an aromatic ring is 1. The Labute approximate surface area is 128 Å². The Morgan fingerprint density at radius 2 is 2.09 bits per heavy atom. The SMILES string of the molecule is COc1ccc(NC(=O)OC(C)(C)C)cc1-c1cnc(N)[nH]1. The molecule has 1 aromatic carbocycles. The monoisotopic (exact) mass is 304 g/mol. The van der Waals surface area contributed by atoms with E-state index in [0.717, 1.165) is 5.56 Å². The number of amides is 1. The number of H-pyrrole nitrogens is 1. The summed E-state index contributed by atoms with van der Waals surface area (Å²) < 4.78 is 10.5. The minimum Gasteiger partial charge on any atom is -0.496 e. The van der Waals surface area contributed by atoms with Gasteiger partial charge in [0.2, 0.25) is 0 Å². The molecule has 2 aromatic rings. The molecule has 1 aromatic heterocycles. The van der Waals surface area contributed by atoms with Crippen molar-refractivity contribution in [2.24, 2.45) is 0 Å². The Morgan fingerprint density at radius 1 is 1.36 bits per heavy atom. The Kier molecular flexibility index (Phi) is 4.25. The third kappa shape index (κ3) is 3.91. The van der Waals surface area contributed by atoms with Gasteiger partial charge in [0.15, 0.2) is 5.95 Å². The second-order valence-corrected chi connectivity index (χ2v) is 5.72. The number of carbonyl (C=O) groups excluding carboxylic acids is 1. The summed E-state index contributed by atoms with van der Waals surface area (Å²) in [6.45, 7) is 5.41. The van der Waals surface area contributed by atoms with Gasteiger partial charge in [-0.05, 0) is 39.0 Å². The maximum atomic E-state index is 11.8. The van der Waals surface area contributed by atoms with Gasteiger partial charge in [0.1, 0.15) is 11.4 Å². The molecule has 4 N–H and O–H groups in total. The zero-order chi connectivity index (χ0) is 16.3. The van der Waals surface area contributed by atoms with Gasteiger partial charge in [-0.1, -0.05) is 0 Å². The van der Waals surface area contributed by atoms with Crippen LogP contribution in [0, 0.1) is 0 Å². The van der Waals surface area contributed by atoms with Crippen LogP contribution >= 0.6 is 0 Å². The standard InChI is InChI=1S/C15H20N4O3/c1-15(2,3)22-14(20)18-9-5-6-12(21-4)10(7-9)11-8-17-13(16)19-11/h5-8H,1-4H3,(H,18,20)(H3,16,17,19). The van der Waals surface area contributed by atoms with Crippen LogP contribution in [0.15, 0.2) is 24.4 Å². The molecule has 7 nitrogen and oxygen atoms in total. The fourth-order valence-corrected chi connectivity index (χ4v) is 1.89. The number of methoxy groups -OCH3 is 1. The highest BCUT2D eigenvalue weighted by Gasteiger charge is 2.17. The summed E-state index contributed by atoms with van der Waals surface area (Å²) in [6, 6.07) is 5.24. The van der Waals surface area contributed by atoms with Crippen molar-refractivity contribution in [3.05, 3.63) is 24.4 Å². The van der Waals surface area contributed by atoms with Crippen LogP contribution in [0.4, 0.5) is 16.4 Å². The molecule has 0 atom stereocenters. The summed E-state index contributed by atoms with van der Waals surface area (Å²) in [4.78, 5) is 18.7. The molecule has 0 spiro atoms. The van der Waals surface area contributed by atoms with E-state index in [2.05, 4.69) is 15.3 Å². The lowest BCUT2D eigenvalue weighted by Crippen LogP contribution is -2.27. The second-order valence-electron chi connectivity index (χ2n) is 5.72. The fraction of sp³-hybridized carbons (Fsp3) is 0.333. The highest BCUT2D eigenvalue weighted by molar-refractivity contribution is 5.87. The number of hydrogen-bond donors (Lipinski definition) is 3. The van der Waals surface area contributed by atoms with Crippen molar-refractivity contribution in [2.75, 3.05) is 18.2 Å². The number of rotatable bonds is 3. The number of ether oxygens (including phenoxy) is 2. The van der Waals surface area contributed by atoms with Crippen LogP contribution < -0.4 is 15.8 Å². The van der Waals surface area contributed by atoms with Crippen molar-refractivity contribution in [3.63, 3.8) is 0 Å². The van der Waals surface area contributed by atoms with E-state index in [4.69, 9.17) is 15.2 Å². The number of nitrogens with two attached hydrogens (primary N) is 1. The van der Waals surface area contributed by atoms with Crippen LogP contribution in [0.25, 0.3) is 11.3 Å². The lowest BCUT2D eigenvalue weighted by atomic mass is 10.1. The molecule has 1 heterocycles. The lowest BCUT2D eigenvalue weighted by molar-refractivity contribution is 0.0636. The van der Waals surface area contributed by atoms with Gasteiger partial charge in [-0.25, -0.2) is 9.78 Å². The number of anilines is 2. The van der Waals surface area contributed by atoms with Gasteiger partial charge < -0.3 is 20.2 Å². The molecule has 0 saturated carbocycles. The van der Waals surface area contributed by atoms with E-state index in [9.17, 15) is 4.79 Å². The third-order valence-electron chi connectivity index (χ3n) is 2.73. The lowest BCUT2D eigenvalue weighted by Gasteiger charge is -2.20. The maximum Gasteiger partial charge on any atom is 0.412 e. The van der Waals surface area contributed by atoms with Crippen LogP contribution in [0.3, 0.4) is 0 Å². The van der Waals surface area contributed by atoms with Crippen molar-refractivity contribution >= 4 is 17.7 Å². The van der Waals surface area contributed by atoms with Gasteiger partial charge in [0.25, 0.3) is 0 Å². The fourth-order valence-electron chi connectivity index (χ4n) is 1.89. The van der Waals surface area contributed by atoms with E-state index in [1.54, 1.807) is 52.3 Å². The molecule has 118 valence electrons. The van der Waals surface area contributed by atoms with Crippen LogP contribution in [0.5, 0.6) is 5.75 Å². The molecular weight excluding hydrogens is 284 g/mol. The highest BCUT2D eigenvalue weighted by atomic mass is 16.6. The van der Waals surface area contributed by atoms with Gasteiger partial charge in [-0.2, -0.15) is 0 Å². The molecular formula is C15H20N4O3. The summed E-state index contributed by atoms with van der Waals surface area (Å²) in [5.41, 5.74) is 7.05. The molecule has 0 saturated heterocycles. The molecule has 22 heavy (non-hydrogen) atoms. The van der Waals surface area contributed by atoms with E-state index in [1.807, 2.05) is 0 Å². The molecule has 0 aliphatic heterocycles. The van der Waals surface area contributed by atoms with Crippen molar-refractivity contribution < 1.29 is 14.3 Å². The van der Waals surface area contributed by atoms with E-state index in [0.29, 0.717) is 23.1 Å². The van der Waals surface area contributed by atoms with Gasteiger partial charge in [0.05, 0.1) is 19.0 Å². The van der Waals surface area contributed by atoms with Crippen molar-refractivity contribution in [3.8, 4) is 17.0 Å². The zero-order valence-electron chi connectivity index (χ0n) is 13.1. The Morgan fingerprint density at radius 3 is 2.64 bits per heavy atom. The van der Waals surface area contributed by atoms with Crippen molar-refractivity contribution in [1.82, 2.24) is 9.97 Å². The first-order chi connectivity index (χ1) is 10.3. The van der Waals surface area contributed by atoms with Crippen molar-refractivity contribution in [1.29, 1.82) is 0 Å². The van der Waals surface area contributed by atoms with E-state index < -0.39 is 11.7 Å². The van der Waals surface area contributed by atoms with E-state index in [-0.39, 0.29) is 0 Å². The maximum absolute atomic E-state index is 11.8. The quantitative estimate of drug-likeness (QED) is 0.809. The average molecular weight is 304 g/mol. The first-order valence-corrected chi connectivity index (χ1v) is 6.77. The first-order valence-electron chi connectivity index (χ1n) is 6.77. The van der Waals surface area contributed by atoms with Crippen LogP contribution in [0.2, 0.25) is 0 Å². The third-order valence-corrected chi connectivity index (χ3v) is 2.73. The molecule has 0 radical (unpaired) electrons. The number of hydrogen-bond acceptors (Lipinski definition) is 5. The number of aromatic amines is 1. The summed E-state index contributed by atoms with van der Waals surface area (Å²) in [6.07, 6.45) is 1.08. The Balaban J connectivity index is 2.26. The molecule has 2 rings (SSSR count). The Hall–Kier alpha value is -2.70. The normalized spacial score (nSPS) is 11.1. The minimum absolute atomic E-state index is 0.308. The van der Waals surface area contributed by atoms with E-state index >= 15 is 0 Å². The van der Waals surface area contributed by atoms with Crippen LogP contribution in [0.1, 0.15) is 20.8 Å². The average Bonchev–Trinajstić information content (AvgIpc) is 2.83. The summed E-state index contributed by atoms with van der Waals surface area (Å²) in [5.74, 6) is 0.945. The number of nitrogens with one attached hydrogen (secondary N) is 2. The van der Waals surface area contributed by atoms with Crippen LogP contribution in [-0.2, 0) is 4.74 Å². The van der Waals surface area contributed by atoms with Gasteiger partial charge in [-0.15, -0.1) is 0 Å². The van der Waals surface area contributed by atoms with Gasteiger partial charge in [-0.3, -0.25) is 5.32 Å². The van der Waals surface area contributed by atoms with Gasteiger partial charge in [0, 0.05) is 11.3 Å². The van der Waals surface area contributed by atoms with E-state index in [1.165, 1.54) is 0 Å². The summed E-state index contributed by atoms with van der Waals surface area (Å²) in [5, 5.41) is 2.68. The Bertz CT molecular complexity index is 674. The molecule has 0 unspecified atom stereocenters. The zero-order valence-corrected chi connectivity index (χ0v) is 13.1. The molecule has 0 aliphatic carbocycles. The number of nitrogens with zero attached hydrogens (tertiary/aromatic N) is 1. The second kappa shape index (κ2) is 5.97. The topological polar surface area (TPSA) is 102 Å². The molecule has 1 amide bonds. The largest absolute Gasteiger partial charge is 0.496 e. The van der Waals surface area contributed by atoms with Gasteiger partial charge >= 0.3 is 6.09 Å². The number of benzene rings is 1. The molecule has 0 fully saturated rings. The number of carbonyl (C=O) groups is 1.